The molecule has 0 aromatic rings. The largest absolute Gasteiger partial charge is 0.382 e. The summed E-state index contributed by atoms with van der Waals surface area (Å²) < 4.78 is 9.88. The Bertz CT molecular complexity index is 127. The van der Waals surface area contributed by atoms with Gasteiger partial charge in [0.25, 0.3) is 0 Å². The molecule has 0 bridgehead atoms. The lowest BCUT2D eigenvalue weighted by atomic mass is 10.4. The maximum absolute atomic E-state index is 11.0. The highest BCUT2D eigenvalue weighted by Gasteiger charge is 1.99. The number of hydroxylamine groups is 1. The Hall–Kier alpha value is -0.650. The summed E-state index contributed by atoms with van der Waals surface area (Å²) in [6.07, 6.45) is 1.29. The van der Waals surface area contributed by atoms with Crippen LogP contribution in [-0.2, 0) is 19.1 Å². The molecule has 0 radical (unpaired) electrons. The van der Waals surface area contributed by atoms with Crippen LogP contribution < -0.4 is 5.48 Å². The molecule has 0 aliphatic heterocycles. The summed E-state index contributed by atoms with van der Waals surface area (Å²) in [4.78, 5) is 15.8. The van der Waals surface area contributed by atoms with Gasteiger partial charge < -0.3 is 9.47 Å². The molecule has 84 valence electrons. The third kappa shape index (κ3) is 9.44. The molecule has 0 rings (SSSR count). The van der Waals surface area contributed by atoms with Crippen LogP contribution in [0.5, 0.6) is 0 Å². The van der Waals surface area contributed by atoms with E-state index in [2.05, 4.69) is 5.48 Å². The fourth-order valence-corrected chi connectivity index (χ4v) is 0.719. The summed E-state index contributed by atoms with van der Waals surface area (Å²) >= 11 is 0. The van der Waals surface area contributed by atoms with Gasteiger partial charge in [-0.25, -0.2) is 5.48 Å². The SMILES string of the molecule is CCCOCCC(=O)NOCCOC. The fourth-order valence-electron chi connectivity index (χ4n) is 0.719. The molecule has 0 aromatic heterocycles. The number of methoxy groups -OCH3 is 1. The van der Waals surface area contributed by atoms with Gasteiger partial charge in [-0.15, -0.1) is 0 Å². The maximum atomic E-state index is 11.0. The number of carbonyl (C=O) groups excluding carboxylic acids is 1. The van der Waals surface area contributed by atoms with Crippen LogP contribution in [0, 0.1) is 0 Å². The summed E-state index contributed by atoms with van der Waals surface area (Å²) in [5.41, 5.74) is 2.30. The molecule has 0 aliphatic carbocycles. The van der Waals surface area contributed by atoms with E-state index < -0.39 is 0 Å². The lowest BCUT2D eigenvalue weighted by Gasteiger charge is -2.05. The summed E-state index contributed by atoms with van der Waals surface area (Å²) in [6.45, 7) is 3.98. The van der Waals surface area contributed by atoms with Gasteiger partial charge in [-0.1, -0.05) is 6.92 Å². The minimum atomic E-state index is -0.169. The zero-order valence-electron chi connectivity index (χ0n) is 8.88. The second-order valence-electron chi connectivity index (χ2n) is 2.73. The van der Waals surface area contributed by atoms with E-state index in [4.69, 9.17) is 14.3 Å². The molecule has 0 saturated carbocycles. The molecule has 1 N–H and O–H groups in total. The quantitative estimate of drug-likeness (QED) is 0.440. The van der Waals surface area contributed by atoms with E-state index in [-0.39, 0.29) is 5.91 Å². The Morgan fingerprint density at radius 3 is 2.64 bits per heavy atom. The summed E-state index contributed by atoms with van der Waals surface area (Å²) in [5, 5.41) is 0. The summed E-state index contributed by atoms with van der Waals surface area (Å²) in [5.74, 6) is -0.169. The molecule has 0 fully saturated rings. The number of rotatable bonds is 9. The van der Waals surface area contributed by atoms with Crippen molar-refractivity contribution in [2.24, 2.45) is 0 Å². The maximum Gasteiger partial charge on any atom is 0.245 e. The number of amides is 1. The van der Waals surface area contributed by atoms with Gasteiger partial charge in [0.15, 0.2) is 0 Å². The van der Waals surface area contributed by atoms with E-state index in [0.29, 0.717) is 32.8 Å². The van der Waals surface area contributed by atoms with Crippen molar-refractivity contribution in [2.45, 2.75) is 19.8 Å². The minimum absolute atomic E-state index is 0.169. The number of ether oxygens (including phenoxy) is 2. The van der Waals surface area contributed by atoms with Crippen molar-refractivity contribution in [3.63, 3.8) is 0 Å². The highest BCUT2D eigenvalue weighted by molar-refractivity contribution is 5.74. The minimum Gasteiger partial charge on any atom is -0.382 e. The van der Waals surface area contributed by atoms with Crippen LogP contribution in [0.3, 0.4) is 0 Å². The van der Waals surface area contributed by atoms with Gasteiger partial charge in [-0.05, 0) is 6.42 Å². The number of carbonyl (C=O) groups is 1. The molecule has 0 heterocycles. The Labute approximate surface area is 84.7 Å². The van der Waals surface area contributed by atoms with Crippen molar-refractivity contribution in [1.29, 1.82) is 0 Å². The van der Waals surface area contributed by atoms with E-state index in [1.807, 2.05) is 6.92 Å². The third-order valence-corrected chi connectivity index (χ3v) is 1.40. The average molecular weight is 205 g/mol. The zero-order valence-corrected chi connectivity index (χ0v) is 8.88. The van der Waals surface area contributed by atoms with Gasteiger partial charge in [-0.2, -0.15) is 0 Å². The Kier molecular flexibility index (Phi) is 9.95. The first kappa shape index (κ1) is 13.4. The van der Waals surface area contributed by atoms with E-state index in [1.54, 1.807) is 7.11 Å². The Balaban J connectivity index is 3.11. The monoisotopic (exact) mass is 205 g/mol. The van der Waals surface area contributed by atoms with Crippen LogP contribution in [0.15, 0.2) is 0 Å². The summed E-state index contributed by atoms with van der Waals surface area (Å²) in [7, 11) is 1.57. The van der Waals surface area contributed by atoms with E-state index in [9.17, 15) is 4.79 Å². The predicted octanol–water partition coefficient (Wildman–Crippen LogP) is 0.497. The molecule has 5 heteroatoms. The number of nitrogens with one attached hydrogen (secondary N) is 1. The summed E-state index contributed by atoms with van der Waals surface area (Å²) in [6, 6.07) is 0. The van der Waals surface area contributed by atoms with E-state index in [0.717, 1.165) is 6.42 Å². The van der Waals surface area contributed by atoms with E-state index in [1.165, 1.54) is 0 Å². The molecule has 0 aromatic carbocycles. The van der Waals surface area contributed by atoms with E-state index >= 15 is 0 Å². The fraction of sp³-hybridized carbons (Fsp3) is 0.889. The first-order chi connectivity index (χ1) is 6.81. The van der Waals surface area contributed by atoms with Gasteiger partial charge in [0.05, 0.1) is 26.2 Å². The Morgan fingerprint density at radius 2 is 2.00 bits per heavy atom. The van der Waals surface area contributed by atoms with Crippen LogP contribution in [0.2, 0.25) is 0 Å². The van der Waals surface area contributed by atoms with Crippen molar-refractivity contribution in [1.82, 2.24) is 5.48 Å². The van der Waals surface area contributed by atoms with Gasteiger partial charge in [0, 0.05) is 13.7 Å². The van der Waals surface area contributed by atoms with Crippen molar-refractivity contribution >= 4 is 5.91 Å². The second-order valence-corrected chi connectivity index (χ2v) is 2.73. The predicted molar refractivity (Wildman–Crippen MR) is 51.7 cm³/mol. The molecule has 5 nitrogen and oxygen atoms in total. The van der Waals surface area contributed by atoms with Crippen LogP contribution >= 0.6 is 0 Å². The van der Waals surface area contributed by atoms with Crippen LogP contribution in [-0.4, -0.2) is 39.4 Å². The van der Waals surface area contributed by atoms with Crippen molar-refractivity contribution in [3.05, 3.63) is 0 Å². The smallest absolute Gasteiger partial charge is 0.245 e. The molecule has 0 unspecified atom stereocenters. The zero-order chi connectivity index (χ0) is 10.6. The molecular formula is C9H19NO4. The lowest BCUT2D eigenvalue weighted by molar-refractivity contribution is -0.135. The molecule has 0 spiro atoms. The Morgan fingerprint density at radius 1 is 1.21 bits per heavy atom. The number of hydrogen-bond acceptors (Lipinski definition) is 4. The second kappa shape index (κ2) is 10.4. The highest BCUT2D eigenvalue weighted by atomic mass is 16.7. The molecule has 1 amide bonds. The highest BCUT2D eigenvalue weighted by Crippen LogP contribution is 1.85. The topological polar surface area (TPSA) is 56.8 Å². The van der Waals surface area contributed by atoms with Crippen LogP contribution in [0.25, 0.3) is 0 Å². The third-order valence-electron chi connectivity index (χ3n) is 1.40. The van der Waals surface area contributed by atoms with Crippen LogP contribution in [0.4, 0.5) is 0 Å². The van der Waals surface area contributed by atoms with Crippen molar-refractivity contribution < 1.29 is 19.1 Å². The number of hydrogen-bond donors (Lipinski definition) is 1. The molecule has 0 saturated heterocycles. The van der Waals surface area contributed by atoms with Gasteiger partial charge in [0.2, 0.25) is 5.91 Å². The van der Waals surface area contributed by atoms with Crippen molar-refractivity contribution in [2.75, 3.05) is 33.5 Å². The standard InChI is InChI=1S/C9H19NO4/c1-3-5-13-6-4-9(11)10-14-8-7-12-2/h3-8H2,1-2H3,(H,10,11). The molecular weight excluding hydrogens is 186 g/mol. The molecule has 14 heavy (non-hydrogen) atoms. The first-order valence-electron chi connectivity index (χ1n) is 4.78. The van der Waals surface area contributed by atoms with Gasteiger partial charge in [0.1, 0.15) is 0 Å². The molecule has 0 aliphatic rings. The van der Waals surface area contributed by atoms with Gasteiger partial charge in [-0.3, -0.25) is 9.63 Å². The average Bonchev–Trinajstić information content (AvgIpc) is 2.19. The lowest BCUT2D eigenvalue weighted by Crippen LogP contribution is -2.26. The normalized spacial score (nSPS) is 10.1. The van der Waals surface area contributed by atoms with Gasteiger partial charge >= 0.3 is 0 Å². The first-order valence-corrected chi connectivity index (χ1v) is 4.78. The van der Waals surface area contributed by atoms with Crippen LogP contribution in [0.1, 0.15) is 19.8 Å². The van der Waals surface area contributed by atoms with Crippen molar-refractivity contribution in [3.8, 4) is 0 Å². The molecule has 0 atom stereocenters.